The van der Waals surface area contributed by atoms with Gasteiger partial charge in [-0.1, -0.05) is 42.5 Å². The van der Waals surface area contributed by atoms with Crippen LogP contribution >= 0.6 is 0 Å². The number of ether oxygens (including phenoxy) is 2. The molecule has 5 rings (SSSR count). The first-order valence-corrected chi connectivity index (χ1v) is 14.3. The van der Waals surface area contributed by atoms with Crippen LogP contribution in [0.15, 0.2) is 79.9 Å². The molecule has 1 N–H and O–H groups in total. The zero-order valence-electron chi connectivity index (χ0n) is 24.4. The lowest BCUT2D eigenvalue weighted by molar-refractivity contribution is -0.151. The third-order valence-corrected chi connectivity index (χ3v) is 9.15. The van der Waals surface area contributed by atoms with Gasteiger partial charge < -0.3 is 29.3 Å². The van der Waals surface area contributed by atoms with Crippen molar-refractivity contribution >= 4 is 23.4 Å². The number of nitrogens with zero attached hydrogens (tertiary/aromatic N) is 3. The van der Waals surface area contributed by atoms with Gasteiger partial charge in [0.2, 0.25) is 11.8 Å². The number of hydrogen-bond acceptors (Lipinski definition) is 6. The highest BCUT2D eigenvalue weighted by atomic mass is 16.5. The van der Waals surface area contributed by atoms with Crippen molar-refractivity contribution in [1.29, 1.82) is 0 Å². The Hall–Kier alpha value is -3.95. The SMILES string of the molecule is C=CCN(C)C(=O)[C@@H]1[C@H]2C(=O)N([C@H](CO)c3ccccc3)C(C(=O)N(CC=C)c3ccc(OC)cc3)C23CC[C@@]1(C)O3. The van der Waals surface area contributed by atoms with Crippen LogP contribution in [0.5, 0.6) is 5.75 Å². The fraction of sp³-hybridized carbons (Fsp3) is 0.424. The molecule has 2 aromatic carbocycles. The molecule has 3 aliphatic rings. The normalized spacial score (nSPS) is 28.2. The lowest BCUT2D eigenvalue weighted by Gasteiger charge is -2.39. The van der Waals surface area contributed by atoms with Crippen LogP contribution in [0, 0.1) is 11.8 Å². The summed E-state index contributed by atoms with van der Waals surface area (Å²) >= 11 is 0. The predicted molar refractivity (Wildman–Crippen MR) is 159 cm³/mol. The molecule has 2 unspecified atom stereocenters. The van der Waals surface area contributed by atoms with Gasteiger partial charge >= 0.3 is 0 Å². The summed E-state index contributed by atoms with van der Waals surface area (Å²) in [6.07, 6.45) is 4.22. The molecule has 9 nitrogen and oxygen atoms in total. The second-order valence-corrected chi connectivity index (χ2v) is 11.5. The average Bonchev–Trinajstić information content (AvgIpc) is 3.57. The van der Waals surface area contributed by atoms with E-state index in [1.54, 1.807) is 60.4 Å². The van der Waals surface area contributed by atoms with Gasteiger partial charge in [0.1, 0.15) is 17.4 Å². The largest absolute Gasteiger partial charge is 0.497 e. The Labute approximate surface area is 247 Å². The van der Waals surface area contributed by atoms with Crippen LogP contribution in [0.4, 0.5) is 5.69 Å². The van der Waals surface area contributed by atoms with E-state index in [9.17, 15) is 19.5 Å². The number of amides is 3. The molecule has 2 aromatic rings. The maximum absolute atomic E-state index is 14.8. The molecule has 3 saturated heterocycles. The lowest BCUT2D eigenvalue weighted by Crippen LogP contribution is -2.57. The molecule has 42 heavy (non-hydrogen) atoms. The van der Waals surface area contributed by atoms with Gasteiger partial charge in [0.05, 0.1) is 37.2 Å². The Morgan fingerprint density at radius 1 is 1.10 bits per heavy atom. The highest BCUT2D eigenvalue weighted by Gasteiger charge is 2.79. The number of rotatable bonds is 11. The van der Waals surface area contributed by atoms with E-state index < -0.39 is 41.7 Å². The monoisotopic (exact) mass is 573 g/mol. The van der Waals surface area contributed by atoms with Crippen LogP contribution in [-0.2, 0) is 19.1 Å². The molecule has 0 aliphatic carbocycles. The number of likely N-dealkylation sites (tertiary alicyclic amines) is 1. The molecule has 0 radical (unpaired) electrons. The molecule has 0 aromatic heterocycles. The van der Waals surface area contributed by atoms with Gasteiger partial charge in [-0.2, -0.15) is 0 Å². The molecule has 6 atom stereocenters. The van der Waals surface area contributed by atoms with E-state index in [2.05, 4.69) is 13.2 Å². The number of likely N-dealkylation sites (N-methyl/N-ethyl adjacent to an activating group) is 1. The molecule has 1 spiro atoms. The minimum absolute atomic E-state index is 0.182. The van der Waals surface area contributed by atoms with Crippen LogP contribution < -0.4 is 9.64 Å². The third-order valence-electron chi connectivity index (χ3n) is 9.15. The minimum Gasteiger partial charge on any atom is -0.497 e. The van der Waals surface area contributed by atoms with Crippen LogP contribution in [0.3, 0.4) is 0 Å². The minimum atomic E-state index is -1.24. The maximum atomic E-state index is 14.8. The van der Waals surface area contributed by atoms with Crippen LogP contribution in [0.2, 0.25) is 0 Å². The first kappa shape index (κ1) is 29.5. The van der Waals surface area contributed by atoms with Crippen LogP contribution in [0.25, 0.3) is 0 Å². The summed E-state index contributed by atoms with van der Waals surface area (Å²) in [6, 6.07) is 14.4. The number of carbonyl (C=O) groups excluding carboxylic acids is 3. The molecule has 222 valence electrons. The second kappa shape index (κ2) is 11.4. The number of fused-ring (bicyclic) bond motifs is 1. The van der Waals surface area contributed by atoms with Crippen molar-refractivity contribution in [3.8, 4) is 5.75 Å². The molecule has 3 heterocycles. The molecule has 2 bridgehead atoms. The fourth-order valence-corrected chi connectivity index (χ4v) is 7.27. The van der Waals surface area contributed by atoms with E-state index in [0.29, 0.717) is 36.4 Å². The van der Waals surface area contributed by atoms with Gasteiger partial charge in [-0.05, 0) is 49.6 Å². The van der Waals surface area contributed by atoms with Crippen molar-refractivity contribution in [3.05, 3.63) is 85.5 Å². The standard InChI is InChI=1S/C33H39N3O6/c1-6-19-34(4)29(38)26-27-30(39)36(25(21-37)22-11-9-8-10-12-22)28(33(27)18-17-32(26,3)42-33)31(40)35(20-7-2)23-13-15-24(41-5)16-14-23/h6-16,25-28,37H,1-2,17-21H2,3-5H3/t25-,26+,27+,28?,32-,33?/m1/s1. The predicted octanol–water partition coefficient (Wildman–Crippen LogP) is 3.36. The Balaban J connectivity index is 1.66. The van der Waals surface area contributed by atoms with Crippen molar-refractivity contribution < 1.29 is 29.0 Å². The summed E-state index contributed by atoms with van der Waals surface area (Å²) < 4.78 is 12.1. The van der Waals surface area contributed by atoms with E-state index in [4.69, 9.17) is 9.47 Å². The number of aliphatic hydroxyl groups is 1. The Kier molecular flexibility index (Phi) is 8.00. The van der Waals surface area contributed by atoms with Gasteiger partial charge in [-0.15, -0.1) is 13.2 Å². The van der Waals surface area contributed by atoms with Crippen molar-refractivity contribution in [2.45, 2.75) is 43.1 Å². The summed E-state index contributed by atoms with van der Waals surface area (Å²) in [7, 11) is 3.25. The van der Waals surface area contributed by atoms with E-state index in [1.165, 1.54) is 4.90 Å². The number of carbonyl (C=O) groups is 3. The van der Waals surface area contributed by atoms with Crippen LogP contribution in [0.1, 0.15) is 31.4 Å². The van der Waals surface area contributed by atoms with Gasteiger partial charge in [-0.3, -0.25) is 14.4 Å². The Bertz CT molecular complexity index is 1360. The Morgan fingerprint density at radius 3 is 2.36 bits per heavy atom. The smallest absolute Gasteiger partial charge is 0.253 e. The first-order valence-electron chi connectivity index (χ1n) is 14.3. The third kappa shape index (κ3) is 4.51. The van der Waals surface area contributed by atoms with Crippen molar-refractivity contribution in [1.82, 2.24) is 9.80 Å². The van der Waals surface area contributed by atoms with E-state index in [0.717, 1.165) is 0 Å². The van der Waals surface area contributed by atoms with Gasteiger partial charge in [0.25, 0.3) is 5.91 Å². The zero-order valence-corrected chi connectivity index (χ0v) is 24.4. The van der Waals surface area contributed by atoms with E-state index in [1.807, 2.05) is 37.3 Å². The zero-order chi connectivity index (χ0) is 30.2. The molecule has 3 amide bonds. The lowest BCUT2D eigenvalue weighted by atomic mass is 9.66. The molecular formula is C33H39N3O6. The van der Waals surface area contributed by atoms with Crippen molar-refractivity contribution in [2.24, 2.45) is 11.8 Å². The fourth-order valence-electron chi connectivity index (χ4n) is 7.27. The number of methoxy groups -OCH3 is 1. The first-order chi connectivity index (χ1) is 20.2. The quantitative estimate of drug-likeness (QED) is 0.414. The van der Waals surface area contributed by atoms with Gasteiger partial charge in [-0.25, -0.2) is 0 Å². The summed E-state index contributed by atoms with van der Waals surface area (Å²) in [5, 5.41) is 10.7. The number of anilines is 1. The highest BCUT2D eigenvalue weighted by molar-refractivity contribution is 6.05. The summed E-state index contributed by atoms with van der Waals surface area (Å²) in [5.74, 6) is -1.97. The van der Waals surface area contributed by atoms with E-state index >= 15 is 0 Å². The summed E-state index contributed by atoms with van der Waals surface area (Å²) in [5.41, 5.74) is -0.866. The highest BCUT2D eigenvalue weighted by Crippen LogP contribution is 2.64. The molecule has 3 aliphatic heterocycles. The molecular weight excluding hydrogens is 534 g/mol. The molecule has 0 saturated carbocycles. The Morgan fingerprint density at radius 2 is 1.76 bits per heavy atom. The van der Waals surface area contributed by atoms with Crippen LogP contribution in [-0.4, -0.2) is 83.7 Å². The topological polar surface area (TPSA) is 99.6 Å². The van der Waals surface area contributed by atoms with Gasteiger partial charge in [0, 0.05) is 25.8 Å². The molecule has 3 fully saturated rings. The van der Waals surface area contributed by atoms with Gasteiger partial charge in [0.15, 0.2) is 0 Å². The number of aliphatic hydroxyl groups excluding tert-OH is 1. The number of hydrogen-bond donors (Lipinski definition) is 1. The summed E-state index contributed by atoms with van der Waals surface area (Å²) in [4.78, 5) is 48.0. The maximum Gasteiger partial charge on any atom is 0.253 e. The van der Waals surface area contributed by atoms with Crippen molar-refractivity contribution in [2.75, 3.05) is 38.8 Å². The second-order valence-electron chi connectivity index (χ2n) is 11.5. The van der Waals surface area contributed by atoms with Crippen molar-refractivity contribution in [3.63, 3.8) is 0 Å². The number of benzene rings is 2. The average molecular weight is 574 g/mol. The van der Waals surface area contributed by atoms with E-state index in [-0.39, 0.29) is 24.3 Å². The summed E-state index contributed by atoms with van der Waals surface area (Å²) in [6.45, 7) is 9.59. The molecule has 9 heteroatoms.